The van der Waals surface area contributed by atoms with Crippen LogP contribution in [0.15, 0.2) is 81.3 Å². The third kappa shape index (κ3) is 5.78. The molecular formula is C22H24N4O7S. The minimum Gasteiger partial charge on any atom is -0.508 e. The van der Waals surface area contributed by atoms with Crippen LogP contribution in [-0.2, 0) is 21.4 Å². The molecule has 3 aromatic rings. The maximum atomic E-state index is 13.0. The Labute approximate surface area is 194 Å². The Morgan fingerprint density at radius 1 is 1.03 bits per heavy atom. The number of hydrogen-bond acceptors (Lipinski definition) is 7. The number of para-hydroxylation sites is 1. The van der Waals surface area contributed by atoms with Crippen LogP contribution in [0.4, 0.5) is 0 Å². The molecule has 0 bridgehead atoms. The molecule has 2 aromatic carbocycles. The third-order valence-electron chi connectivity index (χ3n) is 5.22. The van der Waals surface area contributed by atoms with E-state index in [1.807, 2.05) is 0 Å². The van der Waals surface area contributed by atoms with E-state index in [1.165, 1.54) is 46.6 Å². The van der Waals surface area contributed by atoms with Crippen molar-refractivity contribution < 1.29 is 23.5 Å². The van der Waals surface area contributed by atoms with Gasteiger partial charge in [-0.2, -0.15) is 0 Å². The number of amides is 1. The summed E-state index contributed by atoms with van der Waals surface area (Å²) in [5.74, 6) is -1.56. The van der Waals surface area contributed by atoms with Crippen LogP contribution in [0.3, 0.4) is 0 Å². The number of aromatic hydroxyl groups is 1. The molecule has 2 unspecified atom stereocenters. The van der Waals surface area contributed by atoms with Crippen molar-refractivity contribution in [2.24, 2.45) is 5.92 Å². The molecule has 0 spiro atoms. The maximum absolute atomic E-state index is 13.0. The number of sulfonamides is 1. The fraction of sp³-hybridized carbons (Fsp3) is 0.227. The SMILES string of the molecule is CC(Cn1ccc(=O)n(-c2ccccc2)c1=O)C(CC(=O)NO)NS(=O)(=O)c1ccc(O)cc1. The lowest BCUT2D eigenvalue weighted by atomic mass is 9.99. The molecule has 0 aliphatic heterocycles. The lowest BCUT2D eigenvalue weighted by Crippen LogP contribution is -2.45. The van der Waals surface area contributed by atoms with Gasteiger partial charge in [-0.25, -0.2) is 28.0 Å². The van der Waals surface area contributed by atoms with Gasteiger partial charge in [0.2, 0.25) is 15.9 Å². The predicted octanol–water partition coefficient (Wildman–Crippen LogP) is 0.584. The highest BCUT2D eigenvalue weighted by Gasteiger charge is 2.27. The van der Waals surface area contributed by atoms with Crippen LogP contribution in [0, 0.1) is 5.92 Å². The van der Waals surface area contributed by atoms with Crippen LogP contribution in [-0.4, -0.2) is 39.8 Å². The number of phenolic OH excluding ortho intramolecular Hbond substituents is 1. The van der Waals surface area contributed by atoms with Gasteiger partial charge in [-0.15, -0.1) is 0 Å². The number of aromatic nitrogens is 2. The van der Waals surface area contributed by atoms with Gasteiger partial charge in [0.15, 0.2) is 0 Å². The standard InChI is InChI=1S/C22H24N4O7S/c1-15(14-25-12-11-21(29)26(22(25)30)16-5-3-2-4-6-16)19(13-20(28)23-31)24-34(32,33)18-9-7-17(27)8-10-18/h2-12,15,19,24,27,31H,13-14H2,1H3,(H,23,28). The fourth-order valence-electron chi connectivity index (χ4n) is 3.40. The smallest absolute Gasteiger partial charge is 0.335 e. The van der Waals surface area contributed by atoms with Gasteiger partial charge in [0.25, 0.3) is 5.56 Å². The molecule has 1 aromatic heterocycles. The van der Waals surface area contributed by atoms with Gasteiger partial charge in [0.1, 0.15) is 5.75 Å². The highest BCUT2D eigenvalue weighted by Crippen LogP contribution is 2.18. The quantitative estimate of drug-likeness (QED) is 0.253. The number of hydrogen-bond donors (Lipinski definition) is 4. The van der Waals surface area contributed by atoms with Crippen molar-refractivity contribution in [1.29, 1.82) is 0 Å². The lowest BCUT2D eigenvalue weighted by molar-refractivity contribution is -0.129. The van der Waals surface area contributed by atoms with Gasteiger partial charge in [0.05, 0.1) is 10.6 Å². The van der Waals surface area contributed by atoms with Gasteiger partial charge < -0.3 is 5.11 Å². The molecule has 34 heavy (non-hydrogen) atoms. The molecule has 0 saturated heterocycles. The normalized spacial score (nSPS) is 13.2. The van der Waals surface area contributed by atoms with Crippen molar-refractivity contribution in [1.82, 2.24) is 19.3 Å². The highest BCUT2D eigenvalue weighted by molar-refractivity contribution is 7.89. The number of nitrogens with one attached hydrogen (secondary N) is 2. The van der Waals surface area contributed by atoms with Crippen molar-refractivity contribution in [3.8, 4) is 11.4 Å². The first kappa shape index (κ1) is 24.9. The van der Waals surface area contributed by atoms with Crippen LogP contribution in [0.1, 0.15) is 13.3 Å². The second kappa shape index (κ2) is 10.5. The van der Waals surface area contributed by atoms with E-state index in [0.29, 0.717) is 5.69 Å². The fourth-order valence-corrected chi connectivity index (χ4v) is 4.75. The Balaban J connectivity index is 1.91. The maximum Gasteiger partial charge on any atom is 0.335 e. The summed E-state index contributed by atoms with van der Waals surface area (Å²) in [6.07, 6.45) is 0.889. The van der Waals surface area contributed by atoms with Crippen molar-refractivity contribution in [2.45, 2.75) is 30.8 Å². The molecule has 0 saturated carbocycles. The number of hydroxylamine groups is 1. The summed E-state index contributed by atoms with van der Waals surface area (Å²) in [4.78, 5) is 37.1. The van der Waals surface area contributed by atoms with E-state index in [1.54, 1.807) is 37.3 Å². The van der Waals surface area contributed by atoms with Crippen LogP contribution < -0.4 is 21.5 Å². The van der Waals surface area contributed by atoms with Gasteiger partial charge in [0, 0.05) is 31.3 Å². The molecule has 12 heteroatoms. The number of benzene rings is 2. The van der Waals surface area contributed by atoms with Crippen LogP contribution in [0.2, 0.25) is 0 Å². The van der Waals surface area contributed by atoms with E-state index in [4.69, 9.17) is 5.21 Å². The topological polar surface area (TPSA) is 160 Å². The number of phenols is 1. The monoisotopic (exact) mass is 488 g/mol. The van der Waals surface area contributed by atoms with E-state index in [0.717, 1.165) is 4.57 Å². The Morgan fingerprint density at radius 3 is 2.29 bits per heavy atom. The first-order chi connectivity index (χ1) is 16.1. The van der Waals surface area contributed by atoms with Crippen molar-refractivity contribution in [3.05, 3.63) is 87.7 Å². The molecule has 0 fully saturated rings. The summed E-state index contributed by atoms with van der Waals surface area (Å²) in [7, 11) is -4.10. The number of carbonyl (C=O) groups is 1. The van der Waals surface area contributed by atoms with Gasteiger partial charge in [-0.3, -0.25) is 19.4 Å². The molecule has 3 rings (SSSR count). The lowest BCUT2D eigenvalue weighted by Gasteiger charge is -2.25. The van der Waals surface area contributed by atoms with Crippen molar-refractivity contribution in [3.63, 3.8) is 0 Å². The van der Waals surface area contributed by atoms with Gasteiger partial charge in [-0.05, 0) is 42.3 Å². The summed E-state index contributed by atoms with van der Waals surface area (Å²) in [6, 6.07) is 13.3. The zero-order valence-corrected chi connectivity index (χ0v) is 19.0. The van der Waals surface area contributed by atoms with E-state index in [9.17, 15) is 27.9 Å². The predicted molar refractivity (Wildman–Crippen MR) is 122 cm³/mol. The molecule has 2 atom stereocenters. The van der Waals surface area contributed by atoms with E-state index >= 15 is 0 Å². The van der Waals surface area contributed by atoms with Gasteiger partial charge >= 0.3 is 5.69 Å². The molecule has 0 radical (unpaired) electrons. The third-order valence-corrected chi connectivity index (χ3v) is 6.73. The molecule has 11 nitrogen and oxygen atoms in total. The average Bonchev–Trinajstić information content (AvgIpc) is 2.81. The van der Waals surface area contributed by atoms with E-state index in [2.05, 4.69) is 4.72 Å². The highest BCUT2D eigenvalue weighted by atomic mass is 32.2. The minimum atomic E-state index is -4.10. The molecule has 4 N–H and O–H groups in total. The first-order valence-electron chi connectivity index (χ1n) is 10.2. The van der Waals surface area contributed by atoms with E-state index < -0.39 is 45.6 Å². The zero-order chi connectivity index (χ0) is 24.9. The number of nitrogens with zero attached hydrogens (tertiary/aromatic N) is 2. The molecule has 1 amide bonds. The summed E-state index contributed by atoms with van der Waals surface area (Å²) in [6.45, 7) is 1.59. The van der Waals surface area contributed by atoms with Crippen molar-refractivity contribution in [2.75, 3.05) is 0 Å². The summed E-state index contributed by atoms with van der Waals surface area (Å²) >= 11 is 0. The molecule has 1 heterocycles. The zero-order valence-electron chi connectivity index (χ0n) is 18.2. The second-order valence-electron chi connectivity index (χ2n) is 7.70. The van der Waals surface area contributed by atoms with Crippen LogP contribution in [0.5, 0.6) is 5.75 Å². The molecule has 0 aliphatic carbocycles. The Bertz CT molecular complexity index is 1370. The Kier molecular flexibility index (Phi) is 7.66. The van der Waals surface area contributed by atoms with Crippen molar-refractivity contribution >= 4 is 15.9 Å². The second-order valence-corrected chi connectivity index (χ2v) is 9.41. The Hall–Kier alpha value is -3.74. The largest absolute Gasteiger partial charge is 0.508 e. The molecule has 180 valence electrons. The average molecular weight is 489 g/mol. The van der Waals surface area contributed by atoms with E-state index in [-0.39, 0.29) is 17.2 Å². The van der Waals surface area contributed by atoms with Crippen LogP contribution >= 0.6 is 0 Å². The Morgan fingerprint density at radius 2 is 1.68 bits per heavy atom. The van der Waals surface area contributed by atoms with Crippen LogP contribution in [0.25, 0.3) is 5.69 Å². The molecule has 0 aliphatic rings. The number of carbonyl (C=O) groups excluding carboxylic acids is 1. The summed E-state index contributed by atoms with van der Waals surface area (Å²) in [5.41, 5.74) is 0.703. The molecular weight excluding hydrogens is 464 g/mol. The summed E-state index contributed by atoms with van der Waals surface area (Å²) < 4.78 is 30.3. The van der Waals surface area contributed by atoms with Gasteiger partial charge in [-0.1, -0.05) is 25.1 Å². The first-order valence-corrected chi connectivity index (χ1v) is 11.7. The summed E-state index contributed by atoms with van der Waals surface area (Å²) in [5, 5.41) is 18.3. The minimum absolute atomic E-state index is 0.0343. The number of rotatable bonds is 9.